The maximum absolute atomic E-state index is 11.7. The number of sulfone groups is 1. The van der Waals surface area contributed by atoms with Crippen molar-refractivity contribution in [2.45, 2.75) is 31.8 Å². The van der Waals surface area contributed by atoms with Gasteiger partial charge in [0, 0.05) is 31.8 Å². The quantitative estimate of drug-likeness (QED) is 0.723. The molecule has 1 aliphatic rings. The van der Waals surface area contributed by atoms with E-state index in [1.807, 2.05) is 0 Å². The summed E-state index contributed by atoms with van der Waals surface area (Å²) in [5.41, 5.74) is 5.46. The van der Waals surface area contributed by atoms with Gasteiger partial charge in [0.2, 0.25) is 0 Å². The molecule has 0 aromatic rings. The Bertz CT molecular complexity index is 343. The molecule has 102 valence electrons. The Morgan fingerprint density at radius 3 is 2.47 bits per heavy atom. The monoisotopic (exact) mass is 264 g/mol. The van der Waals surface area contributed by atoms with Gasteiger partial charge in [0.1, 0.15) is 0 Å². The number of nitrogens with two attached hydrogens (primary N) is 1. The van der Waals surface area contributed by atoms with E-state index in [-0.39, 0.29) is 17.5 Å². The van der Waals surface area contributed by atoms with Crippen LogP contribution in [0, 0.1) is 0 Å². The van der Waals surface area contributed by atoms with Gasteiger partial charge in [0.15, 0.2) is 9.84 Å². The van der Waals surface area contributed by atoms with Crippen molar-refractivity contribution in [1.29, 1.82) is 0 Å². The van der Waals surface area contributed by atoms with Gasteiger partial charge in [-0.15, -0.1) is 0 Å². The SMILES string of the molecule is COCCN(C(C)C)C1(CN)CCS(=O)(=O)C1. The lowest BCUT2D eigenvalue weighted by molar-refractivity contribution is 0.0491. The number of rotatable bonds is 6. The van der Waals surface area contributed by atoms with Gasteiger partial charge in [-0.05, 0) is 20.3 Å². The predicted octanol–water partition coefficient (Wildman–Crippen LogP) is -0.141. The molecule has 1 unspecified atom stereocenters. The summed E-state index contributed by atoms with van der Waals surface area (Å²) in [6, 6.07) is 0.266. The van der Waals surface area contributed by atoms with E-state index < -0.39 is 15.4 Å². The van der Waals surface area contributed by atoms with Crippen molar-refractivity contribution in [1.82, 2.24) is 4.90 Å². The highest BCUT2D eigenvalue weighted by Crippen LogP contribution is 2.30. The van der Waals surface area contributed by atoms with Crippen LogP contribution < -0.4 is 5.73 Å². The first-order chi connectivity index (χ1) is 7.87. The Morgan fingerprint density at radius 2 is 2.12 bits per heavy atom. The molecule has 1 rings (SSSR count). The molecule has 0 aromatic heterocycles. The summed E-state index contributed by atoms with van der Waals surface area (Å²) in [5, 5.41) is 0. The number of ether oxygens (including phenoxy) is 1. The van der Waals surface area contributed by atoms with Gasteiger partial charge in [-0.1, -0.05) is 0 Å². The zero-order valence-electron chi connectivity index (χ0n) is 11.0. The molecular formula is C11H24N2O3S. The summed E-state index contributed by atoms with van der Waals surface area (Å²) >= 11 is 0. The molecule has 17 heavy (non-hydrogen) atoms. The second-order valence-electron chi connectivity index (χ2n) is 5.05. The summed E-state index contributed by atoms with van der Waals surface area (Å²) in [7, 11) is -1.28. The first kappa shape index (κ1) is 14.9. The van der Waals surface area contributed by atoms with Crippen molar-refractivity contribution >= 4 is 9.84 Å². The van der Waals surface area contributed by atoms with E-state index in [1.54, 1.807) is 7.11 Å². The molecule has 1 saturated heterocycles. The minimum absolute atomic E-state index is 0.179. The van der Waals surface area contributed by atoms with Crippen molar-refractivity contribution < 1.29 is 13.2 Å². The Morgan fingerprint density at radius 1 is 1.47 bits per heavy atom. The van der Waals surface area contributed by atoms with Gasteiger partial charge >= 0.3 is 0 Å². The molecule has 0 bridgehead atoms. The molecule has 2 N–H and O–H groups in total. The van der Waals surface area contributed by atoms with Gasteiger partial charge in [-0.3, -0.25) is 4.90 Å². The fraction of sp³-hybridized carbons (Fsp3) is 1.00. The van der Waals surface area contributed by atoms with Crippen LogP contribution in [-0.2, 0) is 14.6 Å². The third-order valence-electron chi connectivity index (χ3n) is 3.52. The van der Waals surface area contributed by atoms with Gasteiger partial charge in [0.05, 0.1) is 18.1 Å². The lowest BCUT2D eigenvalue weighted by Crippen LogP contribution is -2.58. The molecular weight excluding hydrogens is 240 g/mol. The molecule has 1 fully saturated rings. The van der Waals surface area contributed by atoms with Crippen LogP contribution in [0.1, 0.15) is 20.3 Å². The highest BCUT2D eigenvalue weighted by Gasteiger charge is 2.46. The van der Waals surface area contributed by atoms with Crippen molar-refractivity contribution in [3.05, 3.63) is 0 Å². The molecule has 0 radical (unpaired) electrons. The van der Waals surface area contributed by atoms with E-state index in [4.69, 9.17) is 10.5 Å². The molecule has 1 heterocycles. The van der Waals surface area contributed by atoms with Crippen LogP contribution in [0.2, 0.25) is 0 Å². The molecule has 0 saturated carbocycles. The molecule has 6 heteroatoms. The van der Waals surface area contributed by atoms with E-state index in [0.717, 1.165) is 6.54 Å². The summed E-state index contributed by atoms with van der Waals surface area (Å²) < 4.78 is 28.5. The lowest BCUT2D eigenvalue weighted by Gasteiger charge is -2.42. The van der Waals surface area contributed by atoms with Gasteiger partial charge < -0.3 is 10.5 Å². The first-order valence-electron chi connectivity index (χ1n) is 6.03. The minimum Gasteiger partial charge on any atom is -0.383 e. The smallest absolute Gasteiger partial charge is 0.152 e. The van der Waals surface area contributed by atoms with Crippen LogP contribution in [0.3, 0.4) is 0 Å². The van der Waals surface area contributed by atoms with E-state index in [1.165, 1.54) is 0 Å². The summed E-state index contributed by atoms with van der Waals surface area (Å²) in [5.74, 6) is 0.429. The maximum atomic E-state index is 11.7. The number of hydrogen-bond donors (Lipinski definition) is 1. The fourth-order valence-corrected chi connectivity index (χ4v) is 4.72. The summed E-state index contributed by atoms with van der Waals surface area (Å²) in [6.07, 6.45) is 0.633. The Balaban J connectivity index is 2.89. The third kappa shape index (κ3) is 3.40. The molecule has 1 aliphatic heterocycles. The van der Waals surface area contributed by atoms with E-state index in [0.29, 0.717) is 19.6 Å². The van der Waals surface area contributed by atoms with E-state index in [2.05, 4.69) is 18.7 Å². The average Bonchev–Trinajstić information content (AvgIpc) is 2.56. The van der Waals surface area contributed by atoms with Gasteiger partial charge in [-0.25, -0.2) is 8.42 Å². The molecule has 0 amide bonds. The molecule has 1 atom stereocenters. The Hall–Kier alpha value is -0.170. The van der Waals surface area contributed by atoms with Crippen LogP contribution in [0.25, 0.3) is 0 Å². The number of nitrogens with zero attached hydrogens (tertiary/aromatic N) is 1. The minimum atomic E-state index is -2.93. The first-order valence-corrected chi connectivity index (χ1v) is 7.85. The standard InChI is InChI=1S/C11H24N2O3S/c1-10(2)13(5-6-16-3)11(8-12)4-7-17(14,15)9-11/h10H,4-9,12H2,1-3H3. The predicted molar refractivity (Wildman–Crippen MR) is 68.8 cm³/mol. The summed E-state index contributed by atoms with van der Waals surface area (Å²) in [6.45, 7) is 5.84. The van der Waals surface area contributed by atoms with Gasteiger partial charge in [0.25, 0.3) is 0 Å². The van der Waals surface area contributed by atoms with Crippen LogP contribution in [0.4, 0.5) is 0 Å². The highest BCUT2D eigenvalue weighted by atomic mass is 32.2. The third-order valence-corrected chi connectivity index (χ3v) is 5.32. The largest absolute Gasteiger partial charge is 0.383 e. The highest BCUT2D eigenvalue weighted by molar-refractivity contribution is 7.91. The van der Waals surface area contributed by atoms with Crippen LogP contribution >= 0.6 is 0 Å². The molecule has 0 aromatic carbocycles. The molecule has 0 spiro atoms. The topological polar surface area (TPSA) is 72.6 Å². The maximum Gasteiger partial charge on any atom is 0.152 e. The Kier molecular flexibility index (Phi) is 4.95. The number of hydrogen-bond acceptors (Lipinski definition) is 5. The average molecular weight is 264 g/mol. The summed E-state index contributed by atoms with van der Waals surface area (Å²) in [4.78, 5) is 2.18. The van der Waals surface area contributed by atoms with Crippen molar-refractivity contribution in [3.8, 4) is 0 Å². The second-order valence-corrected chi connectivity index (χ2v) is 7.23. The lowest BCUT2D eigenvalue weighted by atomic mass is 9.95. The van der Waals surface area contributed by atoms with Crippen LogP contribution in [-0.4, -0.2) is 63.2 Å². The normalized spacial score (nSPS) is 28.1. The van der Waals surface area contributed by atoms with Gasteiger partial charge in [-0.2, -0.15) is 0 Å². The number of methoxy groups -OCH3 is 1. The second kappa shape index (κ2) is 5.65. The van der Waals surface area contributed by atoms with Crippen molar-refractivity contribution in [3.63, 3.8) is 0 Å². The zero-order valence-corrected chi connectivity index (χ0v) is 11.8. The van der Waals surface area contributed by atoms with Crippen LogP contribution in [0.15, 0.2) is 0 Å². The van der Waals surface area contributed by atoms with Crippen molar-refractivity contribution in [2.24, 2.45) is 5.73 Å². The van der Waals surface area contributed by atoms with E-state index in [9.17, 15) is 8.42 Å². The van der Waals surface area contributed by atoms with Crippen LogP contribution in [0.5, 0.6) is 0 Å². The molecule has 0 aliphatic carbocycles. The van der Waals surface area contributed by atoms with Crippen molar-refractivity contribution in [2.75, 3.05) is 38.3 Å². The Labute approximate surface area is 104 Å². The fourth-order valence-electron chi connectivity index (χ4n) is 2.64. The van der Waals surface area contributed by atoms with E-state index >= 15 is 0 Å². The zero-order chi connectivity index (χ0) is 13.1. The molecule has 5 nitrogen and oxygen atoms in total.